The Hall–Kier alpha value is -1.44. The number of rotatable bonds is 3. The number of benzene rings is 1. The number of halogens is 1. The smallest absolute Gasteiger partial charge is 0.263 e. The van der Waals surface area contributed by atoms with Gasteiger partial charge in [-0.05, 0) is 18.2 Å². The Morgan fingerprint density at radius 2 is 2.30 bits per heavy atom. The van der Waals surface area contributed by atoms with Crippen molar-refractivity contribution in [2.75, 3.05) is 5.73 Å². The van der Waals surface area contributed by atoms with Crippen molar-refractivity contribution >= 4 is 60.3 Å². The molecule has 0 saturated carbocycles. The number of nitrogens with two attached hydrogens (primary N) is 1. The van der Waals surface area contributed by atoms with Crippen LogP contribution in [0.4, 0.5) is 5.69 Å². The van der Waals surface area contributed by atoms with E-state index in [4.69, 9.17) is 5.73 Å². The van der Waals surface area contributed by atoms with E-state index in [1.807, 2.05) is 23.6 Å². The minimum Gasteiger partial charge on any atom is -0.397 e. The molecule has 0 aliphatic rings. The number of thiophene rings is 1. The Kier molecular flexibility index (Phi) is 3.73. The van der Waals surface area contributed by atoms with Gasteiger partial charge in [-0.15, -0.1) is 22.7 Å². The lowest BCUT2D eigenvalue weighted by molar-refractivity contribution is 0.0956. The molecule has 0 fully saturated rings. The Morgan fingerprint density at radius 1 is 1.45 bits per heavy atom. The van der Waals surface area contributed by atoms with Crippen LogP contribution in [0, 0.1) is 0 Å². The van der Waals surface area contributed by atoms with E-state index in [1.54, 1.807) is 6.20 Å². The number of hydrogen-bond acceptors (Lipinski definition) is 5. The Balaban J connectivity index is 1.86. The van der Waals surface area contributed by atoms with E-state index >= 15 is 0 Å². The van der Waals surface area contributed by atoms with Crippen molar-refractivity contribution in [3.05, 3.63) is 44.1 Å². The molecule has 102 valence electrons. The molecule has 0 spiro atoms. The molecule has 0 atom stereocenters. The molecule has 4 nitrogen and oxygen atoms in total. The van der Waals surface area contributed by atoms with Crippen molar-refractivity contribution in [3.63, 3.8) is 0 Å². The minimum atomic E-state index is -0.157. The fraction of sp³-hybridized carbons (Fsp3) is 0.0769. The second-order valence-corrected chi connectivity index (χ2v) is 7.04. The van der Waals surface area contributed by atoms with Crippen molar-refractivity contribution in [1.29, 1.82) is 0 Å². The normalized spacial score (nSPS) is 10.8. The van der Waals surface area contributed by atoms with Crippen LogP contribution in [0.25, 0.3) is 10.1 Å². The maximum absolute atomic E-state index is 12.2. The zero-order chi connectivity index (χ0) is 14.1. The maximum Gasteiger partial charge on any atom is 0.263 e. The average Bonchev–Trinajstić information content (AvgIpc) is 3.05. The number of nitrogen functional groups attached to an aromatic ring is 1. The summed E-state index contributed by atoms with van der Waals surface area (Å²) in [4.78, 5) is 16.9. The van der Waals surface area contributed by atoms with E-state index in [1.165, 1.54) is 22.7 Å². The lowest BCUT2D eigenvalue weighted by atomic mass is 10.2. The van der Waals surface area contributed by atoms with Crippen LogP contribution in [0.15, 0.2) is 34.2 Å². The van der Waals surface area contributed by atoms with Crippen LogP contribution < -0.4 is 11.1 Å². The molecule has 3 rings (SSSR count). The number of carbonyl (C=O) groups is 1. The van der Waals surface area contributed by atoms with Gasteiger partial charge in [0, 0.05) is 26.1 Å². The molecule has 3 N–H and O–H groups in total. The molecular weight excluding hydrogens is 358 g/mol. The monoisotopic (exact) mass is 367 g/mol. The summed E-state index contributed by atoms with van der Waals surface area (Å²) >= 11 is 6.33. The van der Waals surface area contributed by atoms with Gasteiger partial charge in [-0.1, -0.05) is 15.9 Å². The maximum atomic E-state index is 12.2. The highest BCUT2D eigenvalue weighted by Gasteiger charge is 2.16. The molecule has 7 heteroatoms. The van der Waals surface area contributed by atoms with E-state index in [-0.39, 0.29) is 5.91 Å². The average molecular weight is 368 g/mol. The first kappa shape index (κ1) is 13.5. The van der Waals surface area contributed by atoms with Gasteiger partial charge in [-0.3, -0.25) is 4.79 Å². The second-order valence-electron chi connectivity index (χ2n) is 4.09. The third-order valence-electron chi connectivity index (χ3n) is 2.78. The lowest BCUT2D eigenvalue weighted by Gasteiger charge is -2.01. The number of aromatic nitrogens is 1. The van der Waals surface area contributed by atoms with Crippen molar-refractivity contribution in [2.45, 2.75) is 6.54 Å². The minimum absolute atomic E-state index is 0.157. The Labute approximate surface area is 131 Å². The molecule has 1 amide bonds. The standard InChI is InChI=1S/C13H10BrN3OS2/c14-7-1-2-9-8(5-7)11(15)12(20-9)13(18)17-6-10-16-3-4-19-10/h1-5H,6,15H2,(H,17,18). The lowest BCUT2D eigenvalue weighted by Crippen LogP contribution is -2.22. The van der Waals surface area contributed by atoms with Gasteiger partial charge < -0.3 is 11.1 Å². The molecule has 3 aromatic rings. The van der Waals surface area contributed by atoms with Gasteiger partial charge in [-0.25, -0.2) is 4.98 Å². The van der Waals surface area contributed by atoms with Gasteiger partial charge in [0.2, 0.25) is 0 Å². The number of carbonyl (C=O) groups excluding carboxylic acids is 1. The fourth-order valence-electron chi connectivity index (χ4n) is 1.83. The summed E-state index contributed by atoms with van der Waals surface area (Å²) in [6.45, 7) is 0.424. The summed E-state index contributed by atoms with van der Waals surface area (Å²) in [6, 6.07) is 5.83. The largest absolute Gasteiger partial charge is 0.397 e. The number of nitrogens with one attached hydrogen (secondary N) is 1. The molecule has 0 aliphatic heterocycles. The summed E-state index contributed by atoms with van der Waals surface area (Å²) in [5, 5.41) is 6.51. The van der Waals surface area contributed by atoms with Crippen LogP contribution in [0.2, 0.25) is 0 Å². The van der Waals surface area contributed by atoms with Gasteiger partial charge in [0.25, 0.3) is 5.91 Å². The van der Waals surface area contributed by atoms with Crippen molar-refractivity contribution in [1.82, 2.24) is 10.3 Å². The molecule has 0 aliphatic carbocycles. The highest BCUT2D eigenvalue weighted by Crippen LogP contribution is 2.35. The van der Waals surface area contributed by atoms with Crippen LogP contribution in [0.5, 0.6) is 0 Å². The van der Waals surface area contributed by atoms with Gasteiger partial charge in [-0.2, -0.15) is 0 Å². The van der Waals surface area contributed by atoms with Gasteiger partial charge in [0.05, 0.1) is 12.2 Å². The molecule has 0 saturated heterocycles. The first-order valence-electron chi connectivity index (χ1n) is 5.79. The van der Waals surface area contributed by atoms with Crippen molar-refractivity contribution in [2.24, 2.45) is 0 Å². The molecular formula is C13H10BrN3OS2. The first-order valence-corrected chi connectivity index (χ1v) is 8.28. The van der Waals surface area contributed by atoms with Gasteiger partial charge in [0.15, 0.2) is 0 Å². The van der Waals surface area contributed by atoms with Gasteiger partial charge >= 0.3 is 0 Å². The number of nitrogens with zero attached hydrogens (tertiary/aromatic N) is 1. The molecule has 2 aromatic heterocycles. The van der Waals surface area contributed by atoms with Crippen LogP contribution in [0.3, 0.4) is 0 Å². The van der Waals surface area contributed by atoms with E-state index < -0.39 is 0 Å². The van der Waals surface area contributed by atoms with E-state index in [0.717, 1.165) is 19.6 Å². The summed E-state index contributed by atoms with van der Waals surface area (Å²) in [5.74, 6) is -0.157. The highest BCUT2D eigenvalue weighted by molar-refractivity contribution is 9.10. The second kappa shape index (κ2) is 5.51. The van der Waals surface area contributed by atoms with E-state index in [0.29, 0.717) is 17.1 Å². The van der Waals surface area contributed by atoms with E-state index in [9.17, 15) is 4.79 Å². The quantitative estimate of drug-likeness (QED) is 0.742. The Bertz CT molecular complexity index is 767. The van der Waals surface area contributed by atoms with Crippen LogP contribution >= 0.6 is 38.6 Å². The van der Waals surface area contributed by atoms with Crippen LogP contribution in [0.1, 0.15) is 14.7 Å². The summed E-state index contributed by atoms with van der Waals surface area (Å²) in [5.41, 5.74) is 6.60. The summed E-state index contributed by atoms with van der Waals surface area (Å²) < 4.78 is 1.95. The van der Waals surface area contributed by atoms with Gasteiger partial charge in [0.1, 0.15) is 9.88 Å². The van der Waals surface area contributed by atoms with E-state index in [2.05, 4.69) is 26.2 Å². The third-order valence-corrected chi connectivity index (χ3v) is 5.24. The third kappa shape index (κ3) is 2.56. The fourth-order valence-corrected chi connectivity index (χ4v) is 3.77. The number of amides is 1. The van der Waals surface area contributed by atoms with Crippen LogP contribution in [-0.2, 0) is 6.54 Å². The predicted molar refractivity (Wildman–Crippen MR) is 87.2 cm³/mol. The molecule has 0 unspecified atom stereocenters. The number of thiazole rings is 1. The number of fused-ring (bicyclic) bond motifs is 1. The molecule has 2 heterocycles. The Morgan fingerprint density at radius 3 is 3.05 bits per heavy atom. The van der Waals surface area contributed by atoms with Crippen molar-refractivity contribution < 1.29 is 4.79 Å². The SMILES string of the molecule is Nc1c(C(=O)NCc2nccs2)sc2ccc(Br)cc12. The first-order chi connectivity index (χ1) is 9.65. The number of hydrogen-bond donors (Lipinski definition) is 2. The molecule has 1 aromatic carbocycles. The molecule has 0 radical (unpaired) electrons. The van der Waals surface area contributed by atoms with Crippen LogP contribution in [-0.4, -0.2) is 10.9 Å². The zero-order valence-electron chi connectivity index (χ0n) is 10.2. The molecule has 0 bridgehead atoms. The molecule has 20 heavy (non-hydrogen) atoms. The summed E-state index contributed by atoms with van der Waals surface area (Å²) in [7, 11) is 0. The predicted octanol–water partition coefficient (Wildman–Crippen LogP) is 3.63. The number of anilines is 1. The summed E-state index contributed by atoms with van der Waals surface area (Å²) in [6.07, 6.45) is 1.72. The zero-order valence-corrected chi connectivity index (χ0v) is 13.4. The topological polar surface area (TPSA) is 68.0 Å². The highest BCUT2D eigenvalue weighted by atomic mass is 79.9. The van der Waals surface area contributed by atoms with Crippen molar-refractivity contribution in [3.8, 4) is 0 Å².